The number of nitrogens with one attached hydrogen (secondary N) is 1. The van der Waals surface area contributed by atoms with Gasteiger partial charge in [-0.25, -0.2) is 9.67 Å². The monoisotopic (exact) mass is 493 g/mol. The fraction of sp³-hybridized carbons (Fsp3) is 0.227. The minimum atomic E-state index is -5.00. The van der Waals surface area contributed by atoms with Crippen LogP contribution >= 0.6 is 11.6 Å². The molecule has 1 aromatic carbocycles. The van der Waals surface area contributed by atoms with E-state index in [0.29, 0.717) is 22.2 Å². The van der Waals surface area contributed by atoms with Gasteiger partial charge in [-0.05, 0) is 36.4 Å². The van der Waals surface area contributed by atoms with Crippen LogP contribution in [-0.2, 0) is 12.6 Å². The number of aromatic nitrogens is 4. The molecule has 0 aliphatic carbocycles. The normalized spacial score (nSPS) is 13.6. The molecule has 0 saturated carbocycles. The van der Waals surface area contributed by atoms with E-state index < -0.39 is 36.5 Å². The molecule has 0 radical (unpaired) electrons. The van der Waals surface area contributed by atoms with E-state index in [1.807, 2.05) is 0 Å². The van der Waals surface area contributed by atoms with E-state index in [4.69, 9.17) is 16.0 Å². The number of halogens is 4. The van der Waals surface area contributed by atoms with Crippen LogP contribution in [0.3, 0.4) is 0 Å². The van der Waals surface area contributed by atoms with Crippen molar-refractivity contribution in [2.75, 3.05) is 6.54 Å². The molecule has 12 heteroatoms. The van der Waals surface area contributed by atoms with Gasteiger partial charge in [0.25, 0.3) is 5.91 Å². The van der Waals surface area contributed by atoms with Crippen molar-refractivity contribution < 1.29 is 27.5 Å². The number of amides is 1. The molecule has 0 bridgehead atoms. The fourth-order valence-corrected chi connectivity index (χ4v) is 3.59. The molecule has 1 amide bonds. The van der Waals surface area contributed by atoms with E-state index in [1.54, 1.807) is 36.4 Å². The zero-order chi connectivity index (χ0) is 24.5. The van der Waals surface area contributed by atoms with Crippen LogP contribution in [0.2, 0.25) is 5.02 Å². The number of hydrogen-bond acceptors (Lipinski definition) is 5. The van der Waals surface area contributed by atoms with Crippen LogP contribution in [-0.4, -0.2) is 43.1 Å². The zero-order valence-corrected chi connectivity index (χ0v) is 18.5. The number of benzene rings is 1. The smallest absolute Gasteiger partial charge is 0.424 e. The molecule has 8 nitrogen and oxygen atoms in total. The van der Waals surface area contributed by atoms with Gasteiger partial charge in [-0.2, -0.15) is 18.3 Å². The minimum Gasteiger partial charge on any atom is -0.463 e. The summed E-state index contributed by atoms with van der Waals surface area (Å²) in [7, 11) is 1.34. The second-order valence-electron chi connectivity index (χ2n) is 7.51. The van der Waals surface area contributed by atoms with Crippen molar-refractivity contribution in [3.05, 3.63) is 77.7 Å². The molecule has 0 fully saturated rings. The summed E-state index contributed by atoms with van der Waals surface area (Å²) in [5, 5.41) is 17.6. The third-order valence-corrected chi connectivity index (χ3v) is 5.47. The Morgan fingerprint density at radius 2 is 1.97 bits per heavy atom. The first-order chi connectivity index (χ1) is 16.1. The number of rotatable bonds is 7. The van der Waals surface area contributed by atoms with Gasteiger partial charge in [0.15, 0.2) is 11.5 Å². The van der Waals surface area contributed by atoms with Crippen molar-refractivity contribution >= 4 is 17.5 Å². The Kier molecular flexibility index (Phi) is 6.24. The largest absolute Gasteiger partial charge is 0.463 e. The molecule has 2 N–H and O–H groups in total. The lowest BCUT2D eigenvalue weighted by atomic mass is 9.97. The van der Waals surface area contributed by atoms with Crippen LogP contribution in [0.15, 0.2) is 65.5 Å². The van der Waals surface area contributed by atoms with E-state index in [2.05, 4.69) is 15.4 Å². The van der Waals surface area contributed by atoms with E-state index in [-0.39, 0.29) is 5.69 Å². The highest BCUT2D eigenvalue weighted by Crippen LogP contribution is 2.40. The number of alkyl halides is 3. The number of imidazole rings is 1. The number of carbonyl (C=O) groups is 1. The lowest BCUT2D eigenvalue weighted by molar-refractivity contribution is -0.272. The van der Waals surface area contributed by atoms with Crippen LogP contribution in [0.25, 0.3) is 17.1 Å². The molecule has 0 aliphatic rings. The second kappa shape index (κ2) is 8.99. The van der Waals surface area contributed by atoms with Crippen molar-refractivity contribution in [2.24, 2.45) is 7.05 Å². The van der Waals surface area contributed by atoms with Gasteiger partial charge in [0.2, 0.25) is 5.60 Å². The van der Waals surface area contributed by atoms with Crippen molar-refractivity contribution in [3.8, 4) is 17.1 Å². The maximum atomic E-state index is 13.7. The molecule has 1 atom stereocenters. The van der Waals surface area contributed by atoms with Gasteiger partial charge >= 0.3 is 6.18 Å². The van der Waals surface area contributed by atoms with Crippen molar-refractivity contribution in [3.63, 3.8) is 0 Å². The summed E-state index contributed by atoms with van der Waals surface area (Å²) in [5.74, 6) is -0.853. The third kappa shape index (κ3) is 4.44. The molecular formula is C22H19ClF3N5O3. The summed E-state index contributed by atoms with van der Waals surface area (Å²) in [6.45, 7) is -0.481. The summed E-state index contributed by atoms with van der Waals surface area (Å²) in [4.78, 5) is 16.4. The van der Waals surface area contributed by atoms with Crippen LogP contribution in [0.4, 0.5) is 13.2 Å². The zero-order valence-electron chi connectivity index (χ0n) is 17.8. The minimum absolute atomic E-state index is 0.0473. The molecule has 0 spiro atoms. The average Bonchev–Trinajstić information content (AvgIpc) is 3.53. The van der Waals surface area contributed by atoms with Crippen LogP contribution in [0, 0.1) is 0 Å². The van der Waals surface area contributed by atoms with Gasteiger partial charge < -0.3 is 19.4 Å². The average molecular weight is 494 g/mol. The highest BCUT2D eigenvalue weighted by Gasteiger charge is 2.57. The molecule has 3 aromatic heterocycles. The fourth-order valence-electron chi connectivity index (χ4n) is 3.46. The van der Waals surface area contributed by atoms with Crippen LogP contribution in [0.1, 0.15) is 22.7 Å². The van der Waals surface area contributed by atoms with Crippen molar-refractivity contribution in [1.82, 2.24) is 24.6 Å². The van der Waals surface area contributed by atoms with Gasteiger partial charge in [0.05, 0.1) is 12.0 Å². The number of furan rings is 1. The van der Waals surface area contributed by atoms with Crippen LogP contribution in [0.5, 0.6) is 0 Å². The summed E-state index contributed by atoms with van der Waals surface area (Å²) in [6, 6.07) is 11.5. The number of aliphatic hydroxyl groups is 1. The predicted octanol–water partition coefficient (Wildman–Crippen LogP) is 4.09. The molecule has 0 saturated heterocycles. The van der Waals surface area contributed by atoms with Gasteiger partial charge in [-0.1, -0.05) is 11.6 Å². The summed E-state index contributed by atoms with van der Waals surface area (Å²) in [5.41, 5.74) is -2.23. The summed E-state index contributed by atoms with van der Waals surface area (Å²) >= 11 is 5.95. The summed E-state index contributed by atoms with van der Waals surface area (Å²) < 4.78 is 49.0. The highest BCUT2D eigenvalue weighted by molar-refractivity contribution is 6.30. The molecule has 3 heterocycles. The van der Waals surface area contributed by atoms with Gasteiger partial charge in [0, 0.05) is 43.5 Å². The maximum Gasteiger partial charge on any atom is 0.424 e. The Hall–Kier alpha value is -3.57. The quantitative estimate of drug-likeness (QED) is 0.404. The number of hydrogen-bond donors (Lipinski definition) is 2. The van der Waals surface area contributed by atoms with E-state index >= 15 is 0 Å². The predicted molar refractivity (Wildman–Crippen MR) is 116 cm³/mol. The van der Waals surface area contributed by atoms with Gasteiger partial charge in [-0.15, -0.1) is 0 Å². The lowest BCUT2D eigenvalue weighted by Crippen LogP contribution is -2.46. The first-order valence-electron chi connectivity index (χ1n) is 10.0. The number of nitrogens with zero attached hydrogens (tertiary/aromatic N) is 4. The first kappa shape index (κ1) is 23.6. The van der Waals surface area contributed by atoms with E-state index in [0.717, 1.165) is 10.8 Å². The molecule has 34 heavy (non-hydrogen) atoms. The first-order valence-corrected chi connectivity index (χ1v) is 10.4. The Morgan fingerprint density at radius 3 is 2.56 bits per heavy atom. The Morgan fingerprint density at radius 1 is 1.24 bits per heavy atom. The molecule has 1 unspecified atom stereocenters. The Balaban J connectivity index is 1.56. The second-order valence-corrected chi connectivity index (χ2v) is 7.94. The topological polar surface area (TPSA) is 98.1 Å². The Bertz CT molecular complexity index is 1280. The van der Waals surface area contributed by atoms with E-state index in [1.165, 1.54) is 30.3 Å². The van der Waals surface area contributed by atoms with Crippen LogP contribution < -0.4 is 5.32 Å². The van der Waals surface area contributed by atoms with Crippen molar-refractivity contribution in [1.29, 1.82) is 0 Å². The molecule has 4 aromatic rings. The maximum absolute atomic E-state index is 13.7. The molecular weight excluding hydrogens is 475 g/mol. The number of carbonyl (C=O) groups excluding carboxylic acids is 1. The third-order valence-electron chi connectivity index (χ3n) is 5.22. The molecule has 4 rings (SSSR count). The Labute approximate surface area is 196 Å². The van der Waals surface area contributed by atoms with Gasteiger partial charge in [-0.3, -0.25) is 4.79 Å². The number of aryl methyl sites for hydroxylation is 1. The standard InChI is InChI=1S/C22H19ClF3N5O3/c1-30-11-10-28-20(30)21(33,22(24,25)26)8-9-27-19(32)16-13-17(18-3-2-12-34-18)31(29-16)15-6-4-14(23)5-7-15/h2-7,10-13,33H,8-9H2,1H3,(H,27,32). The molecule has 178 valence electrons. The summed E-state index contributed by atoms with van der Waals surface area (Å²) in [6.07, 6.45) is -1.92. The SMILES string of the molecule is Cn1ccnc1C(O)(CCNC(=O)c1cc(-c2ccco2)n(-c2ccc(Cl)cc2)n1)C(F)(F)F. The highest BCUT2D eigenvalue weighted by atomic mass is 35.5. The van der Waals surface area contributed by atoms with Crippen molar-refractivity contribution in [2.45, 2.75) is 18.2 Å². The lowest BCUT2D eigenvalue weighted by Gasteiger charge is -2.29. The van der Waals surface area contributed by atoms with E-state index in [9.17, 15) is 23.1 Å². The van der Waals surface area contributed by atoms with Gasteiger partial charge in [0.1, 0.15) is 11.5 Å². The molecule has 0 aliphatic heterocycles.